The Morgan fingerprint density at radius 3 is 1.94 bits per heavy atom. The highest BCUT2D eigenvalue weighted by atomic mass is 127. The number of hydrogen-bond donors (Lipinski definition) is 1. The summed E-state index contributed by atoms with van der Waals surface area (Å²) in [5.74, 6) is -0.839. The smallest absolute Gasteiger partial charge is 0.472 e. The monoisotopic (exact) mass is 892 g/mol. The Morgan fingerprint density at radius 2 is 1.42 bits per heavy atom. The van der Waals surface area contributed by atoms with Gasteiger partial charge in [-0.05, 0) is 47.6 Å². The molecule has 53 heavy (non-hydrogen) atoms. The molecule has 2 rings (SSSR count). The van der Waals surface area contributed by atoms with E-state index in [1.807, 2.05) is 43.7 Å². The molecule has 1 aromatic rings. The summed E-state index contributed by atoms with van der Waals surface area (Å²) in [6, 6.07) is 3.94. The number of phosphoric ester groups is 1. The van der Waals surface area contributed by atoms with Crippen LogP contribution in [0.1, 0.15) is 115 Å². The lowest BCUT2D eigenvalue weighted by molar-refractivity contribution is -0.870. The van der Waals surface area contributed by atoms with Gasteiger partial charge in [0.25, 0.3) is 0 Å². The number of carbonyl (C=O) groups is 2. The first kappa shape index (κ1) is 47.3. The number of rotatable bonds is 30. The van der Waals surface area contributed by atoms with Crippen LogP contribution in [0.15, 0.2) is 28.4 Å². The number of esters is 2. The minimum atomic E-state index is -4.64. The Hall–Kier alpha value is -1.85. The van der Waals surface area contributed by atoms with E-state index in [9.17, 15) is 32.2 Å². The molecule has 0 aliphatic carbocycles. The second kappa shape index (κ2) is 23.9. The largest absolute Gasteiger partial charge is 0.492 e. The third-order valence-corrected chi connectivity index (χ3v) is 10.3. The molecule has 1 aromatic carbocycles. The van der Waals surface area contributed by atoms with Crippen molar-refractivity contribution < 1.29 is 60.0 Å². The number of hydrogen-bond acceptors (Lipinski definition) is 10. The normalized spacial score (nSPS) is 15.5. The topological polar surface area (TPSA) is 142 Å². The number of carbonyl (C=O) groups excluding carboxylic acids is 2. The first-order valence-corrected chi connectivity index (χ1v) is 21.3. The fraction of sp³-hybridized carbons (Fsp3) is 0.778. The van der Waals surface area contributed by atoms with E-state index in [4.69, 9.17) is 23.3 Å². The molecule has 0 aromatic heterocycles. The van der Waals surface area contributed by atoms with Crippen molar-refractivity contribution in [2.45, 2.75) is 128 Å². The third-order valence-electron chi connectivity index (χ3n) is 8.47. The van der Waals surface area contributed by atoms with E-state index < -0.39 is 44.3 Å². The molecule has 17 heteroatoms. The van der Waals surface area contributed by atoms with Crippen LogP contribution in [0.4, 0.5) is 13.2 Å². The average molecular weight is 893 g/mol. The summed E-state index contributed by atoms with van der Waals surface area (Å²) in [4.78, 5) is 35.3. The Bertz CT molecular complexity index is 1330. The summed E-state index contributed by atoms with van der Waals surface area (Å²) in [7, 11) is 1.19. The van der Waals surface area contributed by atoms with Gasteiger partial charge in [0.05, 0.1) is 37.9 Å². The Balaban J connectivity index is 1.76. The van der Waals surface area contributed by atoms with Gasteiger partial charge in [-0.25, -0.2) is 4.57 Å². The van der Waals surface area contributed by atoms with Crippen LogP contribution in [0.2, 0.25) is 0 Å². The predicted octanol–water partition coefficient (Wildman–Crippen LogP) is 9.41. The zero-order valence-corrected chi connectivity index (χ0v) is 34.7. The van der Waals surface area contributed by atoms with Crippen LogP contribution in [-0.2, 0) is 38.3 Å². The predicted molar refractivity (Wildman–Crippen MR) is 202 cm³/mol. The van der Waals surface area contributed by atoms with E-state index in [1.165, 1.54) is 76.0 Å². The van der Waals surface area contributed by atoms with E-state index in [0.717, 1.165) is 19.3 Å². The van der Waals surface area contributed by atoms with Crippen molar-refractivity contribution in [2.75, 3.05) is 54.1 Å². The van der Waals surface area contributed by atoms with Crippen molar-refractivity contribution >= 4 is 42.4 Å². The molecule has 1 unspecified atom stereocenters. The summed E-state index contributed by atoms with van der Waals surface area (Å²) < 4.78 is 79.9. The quantitative estimate of drug-likeness (QED) is 0.0263. The molecule has 304 valence electrons. The van der Waals surface area contributed by atoms with Crippen LogP contribution < -0.4 is 4.74 Å². The van der Waals surface area contributed by atoms with Crippen molar-refractivity contribution in [1.82, 2.24) is 0 Å². The van der Waals surface area contributed by atoms with Gasteiger partial charge in [0.15, 0.2) is 6.10 Å². The first-order valence-electron chi connectivity index (χ1n) is 18.7. The lowest BCUT2D eigenvalue weighted by atomic mass is 10.0. The van der Waals surface area contributed by atoms with Gasteiger partial charge in [0.1, 0.15) is 25.5 Å². The molecule has 0 saturated heterocycles. The number of halogens is 4. The fourth-order valence-corrected chi connectivity index (χ4v) is 6.64. The van der Waals surface area contributed by atoms with Gasteiger partial charge in [-0.1, -0.05) is 90.0 Å². The highest BCUT2D eigenvalue weighted by Gasteiger charge is 2.65. The van der Waals surface area contributed by atoms with E-state index in [0.29, 0.717) is 26.8 Å². The van der Waals surface area contributed by atoms with Crippen molar-refractivity contribution in [3.63, 3.8) is 0 Å². The Kier molecular flexibility index (Phi) is 21.4. The number of ether oxygens (including phenoxy) is 3. The fourth-order valence-electron chi connectivity index (χ4n) is 5.23. The van der Waals surface area contributed by atoms with Gasteiger partial charge < -0.3 is 23.6 Å². The molecule has 1 aliphatic heterocycles. The molecule has 0 amide bonds. The number of nitrogens with zero attached hydrogens (tertiary/aromatic N) is 3. The van der Waals surface area contributed by atoms with Crippen LogP contribution in [0.3, 0.4) is 0 Å². The molecule has 0 spiro atoms. The van der Waals surface area contributed by atoms with Crippen molar-refractivity contribution in [3.05, 3.63) is 27.3 Å². The molecule has 2 atom stereocenters. The lowest BCUT2D eigenvalue weighted by Crippen LogP contribution is -2.37. The van der Waals surface area contributed by atoms with E-state index in [2.05, 4.69) is 17.2 Å². The standard InChI is InChI=1S/C36H58F3IN3O9P/c1-5-6-7-8-9-10-11-12-13-14-15-16-17-19-33(44)49-27-30(28-51-53(46,47)50-25-23-43(2,3)4)52-34(45)20-18-24-48-32-22-21-29(26-31(32)40)35(41-42-35)36(37,38)39/h21-22,26,30H,5-20,23-25,27-28H2,1-4H3/p+1/t30-/m1/s1. The minimum absolute atomic E-state index is 0.0465. The summed E-state index contributed by atoms with van der Waals surface area (Å²) in [6.07, 6.45) is 9.77. The van der Waals surface area contributed by atoms with Gasteiger partial charge in [-0.15, -0.1) is 10.2 Å². The second-order valence-electron chi connectivity index (χ2n) is 14.4. The van der Waals surface area contributed by atoms with Crippen molar-refractivity contribution in [3.8, 4) is 5.75 Å². The molecule has 12 nitrogen and oxygen atoms in total. The number of phosphoric acid groups is 1. The summed E-state index contributed by atoms with van der Waals surface area (Å²) in [5, 5.41) is 6.41. The first-order chi connectivity index (χ1) is 25.0. The third kappa shape index (κ3) is 20.1. The number of alkyl halides is 3. The summed E-state index contributed by atoms with van der Waals surface area (Å²) in [6.45, 7) is 1.74. The van der Waals surface area contributed by atoms with Gasteiger partial charge >= 0.3 is 31.6 Å². The molecule has 0 saturated carbocycles. The highest BCUT2D eigenvalue weighted by Crippen LogP contribution is 2.52. The van der Waals surface area contributed by atoms with Gasteiger partial charge in [-0.3, -0.25) is 18.6 Å². The van der Waals surface area contributed by atoms with Crippen molar-refractivity contribution in [1.29, 1.82) is 0 Å². The van der Waals surface area contributed by atoms with E-state index in [1.54, 1.807) is 0 Å². The van der Waals surface area contributed by atoms with Crippen LogP contribution in [-0.4, -0.2) is 87.7 Å². The molecule has 1 aliphatic rings. The maximum atomic E-state index is 13.3. The highest BCUT2D eigenvalue weighted by molar-refractivity contribution is 14.1. The zero-order valence-electron chi connectivity index (χ0n) is 31.7. The molecule has 0 bridgehead atoms. The number of benzene rings is 1. The van der Waals surface area contributed by atoms with Crippen LogP contribution in [0, 0.1) is 3.57 Å². The molecule has 0 radical (unpaired) electrons. The molecule has 1 N–H and O–H groups in total. The van der Waals surface area contributed by atoms with E-state index >= 15 is 0 Å². The number of unbranched alkanes of at least 4 members (excludes halogenated alkanes) is 12. The lowest BCUT2D eigenvalue weighted by Gasteiger charge is -2.24. The maximum Gasteiger partial charge on any atom is 0.472 e. The molecule has 1 heterocycles. The van der Waals surface area contributed by atoms with Crippen LogP contribution >= 0.6 is 30.4 Å². The Labute approximate surface area is 326 Å². The van der Waals surface area contributed by atoms with Gasteiger partial charge in [-0.2, -0.15) is 13.2 Å². The van der Waals surface area contributed by atoms with Crippen molar-refractivity contribution in [2.24, 2.45) is 10.2 Å². The van der Waals surface area contributed by atoms with Gasteiger partial charge in [0, 0.05) is 18.4 Å². The minimum Gasteiger partial charge on any atom is -0.492 e. The maximum absolute atomic E-state index is 13.3. The molecule has 0 fully saturated rings. The zero-order chi connectivity index (χ0) is 39.4. The summed E-state index contributed by atoms with van der Waals surface area (Å²) in [5.41, 5.74) is -2.65. The van der Waals surface area contributed by atoms with Gasteiger partial charge in [0.2, 0.25) is 0 Å². The van der Waals surface area contributed by atoms with E-state index in [-0.39, 0.29) is 44.6 Å². The number of likely N-dealkylation sites (N-methyl/N-ethyl adjacent to an activating group) is 1. The van der Waals surface area contributed by atoms with Crippen LogP contribution in [0.25, 0.3) is 0 Å². The summed E-state index contributed by atoms with van der Waals surface area (Å²) >= 11 is 1.85. The molecular formula is C36H59F3IN3O9P+. The SMILES string of the molecule is CCCCCCCCCCCCCCCC(=O)OC[C@H](COP(=O)(O)OCC[N+](C)(C)C)OC(=O)CCCOc1ccc(C2(C(F)(F)F)N=N2)cc1I. The Morgan fingerprint density at radius 1 is 0.849 bits per heavy atom. The number of quaternary nitrogens is 1. The van der Waals surface area contributed by atoms with Crippen LogP contribution in [0.5, 0.6) is 5.75 Å². The molecular weight excluding hydrogens is 833 g/mol. The second-order valence-corrected chi connectivity index (χ2v) is 17.0. The average Bonchev–Trinajstić information content (AvgIpc) is 3.89.